The summed E-state index contributed by atoms with van der Waals surface area (Å²) in [7, 11) is 1.50. The minimum Gasteiger partial charge on any atom is -0.506 e. The fraction of sp³-hybridized carbons (Fsp3) is 0.364. The summed E-state index contributed by atoms with van der Waals surface area (Å²) >= 11 is 3.31. The molecule has 0 saturated heterocycles. The van der Waals surface area contributed by atoms with Crippen molar-refractivity contribution in [2.24, 2.45) is 10.9 Å². The van der Waals surface area contributed by atoms with E-state index in [1.807, 2.05) is 0 Å². The van der Waals surface area contributed by atoms with Gasteiger partial charge in [-0.25, -0.2) is 0 Å². The normalized spacial score (nSPS) is 16.5. The van der Waals surface area contributed by atoms with Crippen LogP contribution in [0.5, 0.6) is 11.5 Å². The van der Waals surface area contributed by atoms with E-state index in [0.29, 0.717) is 28.8 Å². The molecule has 0 unspecified atom stereocenters. The second-order valence-corrected chi connectivity index (χ2v) is 4.39. The Balaban J connectivity index is 2.62. The number of aromatic hydroxyl groups is 1. The van der Waals surface area contributed by atoms with Crippen LogP contribution in [0.2, 0.25) is 0 Å². The maximum Gasteiger partial charge on any atom is 0.146 e. The van der Waals surface area contributed by atoms with E-state index in [9.17, 15) is 5.11 Å². The largest absolute Gasteiger partial charge is 0.506 e. The SMILES string of the molecule is CON=C1CCOc2c1cc(CN)c(O)c2Br. The number of oxime groups is 1. The molecular weight excluding hydrogens is 288 g/mol. The third-order valence-electron chi connectivity index (χ3n) is 2.59. The van der Waals surface area contributed by atoms with Crippen LogP contribution < -0.4 is 10.5 Å². The number of nitrogens with zero attached hydrogens (tertiary/aromatic N) is 1. The van der Waals surface area contributed by atoms with E-state index in [0.717, 1.165) is 11.3 Å². The fourth-order valence-corrected chi connectivity index (χ4v) is 2.36. The van der Waals surface area contributed by atoms with Crippen LogP contribution in [0.4, 0.5) is 0 Å². The number of fused-ring (bicyclic) bond motifs is 1. The van der Waals surface area contributed by atoms with Gasteiger partial charge in [0.2, 0.25) is 0 Å². The Bertz CT molecular complexity index is 474. The maximum absolute atomic E-state index is 9.89. The highest BCUT2D eigenvalue weighted by molar-refractivity contribution is 9.10. The molecule has 1 heterocycles. The first-order valence-corrected chi connectivity index (χ1v) is 5.96. The van der Waals surface area contributed by atoms with Crippen molar-refractivity contribution in [2.75, 3.05) is 13.7 Å². The lowest BCUT2D eigenvalue weighted by Gasteiger charge is -2.21. The van der Waals surface area contributed by atoms with Gasteiger partial charge in [-0.2, -0.15) is 0 Å². The molecule has 0 bridgehead atoms. The smallest absolute Gasteiger partial charge is 0.146 e. The zero-order chi connectivity index (χ0) is 12.4. The predicted octanol–water partition coefficient (Wildman–Crippen LogP) is 1.75. The van der Waals surface area contributed by atoms with Crippen molar-refractivity contribution in [1.29, 1.82) is 0 Å². The highest BCUT2D eigenvalue weighted by Gasteiger charge is 2.24. The van der Waals surface area contributed by atoms with Gasteiger partial charge in [0.05, 0.1) is 12.3 Å². The van der Waals surface area contributed by atoms with Crippen LogP contribution in [0.1, 0.15) is 17.5 Å². The van der Waals surface area contributed by atoms with Crippen LogP contribution in [0.15, 0.2) is 15.7 Å². The van der Waals surface area contributed by atoms with Crippen LogP contribution in [0, 0.1) is 0 Å². The number of hydrogen-bond donors (Lipinski definition) is 2. The standard InChI is InChI=1S/C11H13BrN2O3/c1-16-14-8-2-3-17-11-7(8)4-6(5-13)10(15)9(11)12/h4,15H,2-3,5,13H2,1H3. The summed E-state index contributed by atoms with van der Waals surface area (Å²) in [6, 6.07) is 1.78. The summed E-state index contributed by atoms with van der Waals surface area (Å²) in [6.45, 7) is 0.757. The predicted molar refractivity (Wildman–Crippen MR) is 67.4 cm³/mol. The Morgan fingerprint density at radius 1 is 1.65 bits per heavy atom. The van der Waals surface area contributed by atoms with Gasteiger partial charge in [0.25, 0.3) is 0 Å². The summed E-state index contributed by atoms with van der Waals surface area (Å²) in [4.78, 5) is 4.81. The second-order valence-electron chi connectivity index (χ2n) is 3.60. The fourth-order valence-electron chi connectivity index (χ4n) is 1.78. The van der Waals surface area contributed by atoms with Gasteiger partial charge in [0, 0.05) is 24.1 Å². The Labute approximate surface area is 107 Å². The van der Waals surface area contributed by atoms with Gasteiger partial charge in [0.15, 0.2) is 0 Å². The zero-order valence-corrected chi connectivity index (χ0v) is 11.0. The van der Waals surface area contributed by atoms with Crippen molar-refractivity contribution in [2.45, 2.75) is 13.0 Å². The van der Waals surface area contributed by atoms with Crippen LogP contribution in [0.25, 0.3) is 0 Å². The minimum absolute atomic E-state index is 0.116. The molecule has 0 fully saturated rings. The molecule has 0 spiro atoms. The van der Waals surface area contributed by atoms with E-state index >= 15 is 0 Å². The molecular formula is C11H13BrN2O3. The first-order valence-electron chi connectivity index (χ1n) is 5.16. The van der Waals surface area contributed by atoms with E-state index in [-0.39, 0.29) is 12.3 Å². The summed E-state index contributed by atoms with van der Waals surface area (Å²) in [5.41, 5.74) is 7.83. The van der Waals surface area contributed by atoms with Gasteiger partial charge in [0.1, 0.15) is 23.1 Å². The summed E-state index contributed by atoms with van der Waals surface area (Å²) in [5, 5.41) is 13.9. The van der Waals surface area contributed by atoms with E-state index in [4.69, 9.17) is 15.3 Å². The van der Waals surface area contributed by atoms with Crippen LogP contribution in [0.3, 0.4) is 0 Å². The van der Waals surface area contributed by atoms with Crippen molar-refractivity contribution >= 4 is 21.6 Å². The first kappa shape index (κ1) is 12.2. The zero-order valence-electron chi connectivity index (χ0n) is 9.36. The van der Waals surface area contributed by atoms with E-state index < -0.39 is 0 Å². The molecule has 0 aliphatic carbocycles. The maximum atomic E-state index is 9.89. The molecule has 17 heavy (non-hydrogen) atoms. The summed E-state index contributed by atoms with van der Waals surface area (Å²) in [5.74, 6) is 0.701. The molecule has 5 nitrogen and oxygen atoms in total. The Kier molecular flexibility index (Phi) is 3.54. The number of halogens is 1. The molecule has 2 rings (SSSR count). The average Bonchev–Trinajstić information content (AvgIpc) is 2.34. The molecule has 0 aromatic heterocycles. The molecule has 0 amide bonds. The molecule has 0 radical (unpaired) electrons. The van der Waals surface area contributed by atoms with Crippen LogP contribution in [-0.4, -0.2) is 24.5 Å². The topological polar surface area (TPSA) is 77.1 Å². The lowest BCUT2D eigenvalue weighted by molar-refractivity contribution is 0.210. The van der Waals surface area contributed by atoms with Gasteiger partial charge < -0.3 is 20.4 Å². The van der Waals surface area contributed by atoms with Gasteiger partial charge in [-0.15, -0.1) is 0 Å². The van der Waals surface area contributed by atoms with Crippen molar-refractivity contribution in [3.05, 3.63) is 21.7 Å². The lowest BCUT2D eigenvalue weighted by Crippen LogP contribution is -2.18. The van der Waals surface area contributed by atoms with Crippen molar-refractivity contribution in [3.8, 4) is 11.5 Å². The van der Waals surface area contributed by atoms with Crippen molar-refractivity contribution in [1.82, 2.24) is 0 Å². The highest BCUT2D eigenvalue weighted by Crippen LogP contribution is 2.41. The third-order valence-corrected chi connectivity index (χ3v) is 3.33. The quantitative estimate of drug-likeness (QED) is 0.816. The van der Waals surface area contributed by atoms with Crippen LogP contribution >= 0.6 is 15.9 Å². The van der Waals surface area contributed by atoms with Crippen molar-refractivity contribution in [3.63, 3.8) is 0 Å². The molecule has 1 aliphatic rings. The molecule has 1 aromatic carbocycles. The Morgan fingerprint density at radius 3 is 3.06 bits per heavy atom. The monoisotopic (exact) mass is 300 g/mol. The number of phenolic OH excluding ortho intramolecular Hbond substituents is 1. The Morgan fingerprint density at radius 2 is 2.41 bits per heavy atom. The number of nitrogens with two attached hydrogens (primary N) is 1. The number of hydrogen-bond acceptors (Lipinski definition) is 5. The number of phenols is 1. The molecule has 3 N–H and O–H groups in total. The molecule has 0 atom stereocenters. The van der Waals surface area contributed by atoms with Gasteiger partial charge in [-0.1, -0.05) is 5.16 Å². The number of ether oxygens (including phenoxy) is 1. The molecule has 0 saturated carbocycles. The van der Waals surface area contributed by atoms with E-state index in [1.165, 1.54) is 7.11 Å². The highest BCUT2D eigenvalue weighted by atomic mass is 79.9. The first-order chi connectivity index (χ1) is 8.19. The summed E-state index contributed by atoms with van der Waals surface area (Å²) in [6.07, 6.45) is 0.669. The van der Waals surface area contributed by atoms with Gasteiger partial charge in [-0.05, 0) is 22.0 Å². The third kappa shape index (κ3) is 2.10. The summed E-state index contributed by atoms with van der Waals surface area (Å²) < 4.78 is 6.04. The van der Waals surface area contributed by atoms with E-state index in [2.05, 4.69) is 21.1 Å². The van der Waals surface area contributed by atoms with Crippen LogP contribution in [-0.2, 0) is 11.4 Å². The lowest BCUT2D eigenvalue weighted by atomic mass is 10.0. The van der Waals surface area contributed by atoms with Gasteiger partial charge in [-0.3, -0.25) is 0 Å². The van der Waals surface area contributed by atoms with E-state index in [1.54, 1.807) is 6.07 Å². The molecule has 1 aliphatic heterocycles. The van der Waals surface area contributed by atoms with Crippen molar-refractivity contribution < 1.29 is 14.7 Å². The molecule has 92 valence electrons. The number of benzene rings is 1. The van der Waals surface area contributed by atoms with Gasteiger partial charge >= 0.3 is 0 Å². The molecule has 6 heteroatoms. The number of rotatable bonds is 2. The second kappa shape index (κ2) is 4.93. The minimum atomic E-state index is 0.116. The average molecular weight is 301 g/mol. The molecule has 1 aromatic rings. The Hall–Kier alpha value is -1.27.